The highest BCUT2D eigenvalue weighted by molar-refractivity contribution is 7.90. The van der Waals surface area contributed by atoms with E-state index in [1.54, 1.807) is 30.3 Å². The van der Waals surface area contributed by atoms with Crippen molar-refractivity contribution in [1.82, 2.24) is 4.90 Å². The molecule has 0 aromatic heterocycles. The number of likely N-dealkylation sites (tertiary alicyclic amines) is 1. The van der Waals surface area contributed by atoms with Gasteiger partial charge in [0.2, 0.25) is 0 Å². The number of rotatable bonds is 6. The summed E-state index contributed by atoms with van der Waals surface area (Å²) >= 11 is 0. The molecule has 0 saturated carbocycles. The molecule has 1 fully saturated rings. The summed E-state index contributed by atoms with van der Waals surface area (Å²) < 4.78 is 37.7. The second kappa shape index (κ2) is 9.25. The van der Waals surface area contributed by atoms with Crippen LogP contribution in [0.3, 0.4) is 0 Å². The summed E-state index contributed by atoms with van der Waals surface area (Å²) in [5.41, 5.74) is 9.55. The van der Waals surface area contributed by atoms with Gasteiger partial charge in [0.25, 0.3) is 0 Å². The van der Waals surface area contributed by atoms with Crippen LogP contribution in [0.25, 0.3) is 11.1 Å². The van der Waals surface area contributed by atoms with E-state index in [9.17, 15) is 12.8 Å². The number of benzene rings is 3. The maximum Gasteiger partial charge on any atom is 0.175 e. The Morgan fingerprint density at radius 1 is 1.09 bits per heavy atom. The Morgan fingerprint density at radius 3 is 2.42 bits per heavy atom. The standard InChI is InChI=1S/C26H30FN3O2S/c1-19-17-26(28,14-15-30(19)18-20-6-4-3-5-7-20)29-25-16-22(27)10-13-24(25)21-8-11-23(12-9-21)33(2,31)32/h3-13,16,19,29H,14-15,17-18,28H2,1-2H3. The number of hydrogen-bond donors (Lipinski definition) is 2. The Morgan fingerprint density at radius 2 is 1.79 bits per heavy atom. The number of sulfone groups is 1. The highest BCUT2D eigenvalue weighted by Crippen LogP contribution is 2.34. The average molecular weight is 468 g/mol. The number of hydrogen-bond acceptors (Lipinski definition) is 5. The van der Waals surface area contributed by atoms with Gasteiger partial charge < -0.3 is 11.1 Å². The van der Waals surface area contributed by atoms with Crippen molar-refractivity contribution in [3.8, 4) is 11.1 Å². The molecule has 4 rings (SSSR count). The van der Waals surface area contributed by atoms with Gasteiger partial charge in [0, 0.05) is 36.6 Å². The van der Waals surface area contributed by atoms with Crippen molar-refractivity contribution in [3.05, 3.63) is 84.2 Å². The first kappa shape index (κ1) is 23.4. The van der Waals surface area contributed by atoms with Crippen LogP contribution < -0.4 is 11.1 Å². The van der Waals surface area contributed by atoms with Gasteiger partial charge >= 0.3 is 0 Å². The minimum Gasteiger partial charge on any atom is -0.367 e. The molecule has 0 aliphatic carbocycles. The third kappa shape index (κ3) is 5.61. The zero-order valence-electron chi connectivity index (χ0n) is 19.0. The Labute approximate surface area is 195 Å². The van der Waals surface area contributed by atoms with Crippen LogP contribution in [0.2, 0.25) is 0 Å². The van der Waals surface area contributed by atoms with Crippen molar-refractivity contribution in [2.45, 2.75) is 42.9 Å². The average Bonchev–Trinajstić information content (AvgIpc) is 2.76. The Kier molecular flexibility index (Phi) is 6.56. The molecule has 7 heteroatoms. The molecule has 0 bridgehead atoms. The Hall–Kier alpha value is -2.74. The molecule has 3 aromatic carbocycles. The minimum absolute atomic E-state index is 0.248. The predicted molar refractivity (Wildman–Crippen MR) is 131 cm³/mol. The third-order valence-electron chi connectivity index (χ3n) is 6.32. The monoisotopic (exact) mass is 467 g/mol. The number of nitrogens with one attached hydrogen (secondary N) is 1. The summed E-state index contributed by atoms with van der Waals surface area (Å²) in [6.07, 6.45) is 2.60. The van der Waals surface area contributed by atoms with Crippen molar-refractivity contribution in [3.63, 3.8) is 0 Å². The van der Waals surface area contributed by atoms with Gasteiger partial charge in [-0.1, -0.05) is 42.5 Å². The fraction of sp³-hybridized carbons (Fsp3) is 0.308. The van der Waals surface area contributed by atoms with Gasteiger partial charge in [-0.3, -0.25) is 4.90 Å². The van der Waals surface area contributed by atoms with Crippen LogP contribution >= 0.6 is 0 Å². The molecule has 174 valence electrons. The maximum absolute atomic E-state index is 14.2. The molecular formula is C26H30FN3O2S. The smallest absolute Gasteiger partial charge is 0.175 e. The molecule has 1 aliphatic rings. The lowest BCUT2D eigenvalue weighted by Crippen LogP contribution is -2.58. The van der Waals surface area contributed by atoms with Gasteiger partial charge in [-0.25, -0.2) is 12.8 Å². The molecule has 1 aliphatic heterocycles. The minimum atomic E-state index is -3.29. The molecule has 1 heterocycles. The molecule has 0 radical (unpaired) electrons. The molecular weight excluding hydrogens is 437 g/mol. The number of piperidine rings is 1. The summed E-state index contributed by atoms with van der Waals surface area (Å²) in [6.45, 7) is 3.87. The largest absolute Gasteiger partial charge is 0.367 e. The predicted octanol–water partition coefficient (Wildman–Crippen LogP) is 4.65. The summed E-state index contributed by atoms with van der Waals surface area (Å²) in [5, 5.41) is 3.42. The Balaban J connectivity index is 1.53. The first-order valence-electron chi connectivity index (χ1n) is 11.1. The molecule has 3 N–H and O–H groups in total. The fourth-order valence-electron chi connectivity index (χ4n) is 4.51. The molecule has 1 saturated heterocycles. The number of anilines is 1. The van der Waals surface area contributed by atoms with Crippen molar-refractivity contribution in [1.29, 1.82) is 0 Å². The van der Waals surface area contributed by atoms with Crippen LogP contribution in [0, 0.1) is 5.82 Å². The van der Waals surface area contributed by atoms with E-state index < -0.39 is 15.5 Å². The SMILES string of the molecule is CC1CC(N)(Nc2cc(F)ccc2-c2ccc(S(C)(=O)=O)cc2)CCN1Cc1ccccc1. The van der Waals surface area contributed by atoms with Crippen molar-refractivity contribution >= 4 is 15.5 Å². The molecule has 33 heavy (non-hydrogen) atoms. The molecule has 2 atom stereocenters. The van der Waals surface area contributed by atoms with E-state index in [2.05, 4.69) is 29.3 Å². The molecule has 0 amide bonds. The van der Waals surface area contributed by atoms with E-state index in [0.29, 0.717) is 18.5 Å². The van der Waals surface area contributed by atoms with E-state index >= 15 is 0 Å². The van der Waals surface area contributed by atoms with E-state index in [1.807, 2.05) is 18.2 Å². The fourth-order valence-corrected chi connectivity index (χ4v) is 5.14. The highest BCUT2D eigenvalue weighted by Gasteiger charge is 2.35. The van der Waals surface area contributed by atoms with Crippen LogP contribution in [0.5, 0.6) is 0 Å². The molecule has 3 aromatic rings. The van der Waals surface area contributed by atoms with Gasteiger partial charge in [0.05, 0.1) is 10.6 Å². The zero-order chi connectivity index (χ0) is 23.6. The van der Waals surface area contributed by atoms with E-state index in [1.165, 1.54) is 24.0 Å². The lowest BCUT2D eigenvalue weighted by molar-refractivity contribution is 0.110. The van der Waals surface area contributed by atoms with Gasteiger partial charge in [-0.2, -0.15) is 0 Å². The van der Waals surface area contributed by atoms with Crippen molar-refractivity contribution in [2.24, 2.45) is 5.73 Å². The van der Waals surface area contributed by atoms with E-state index in [-0.39, 0.29) is 16.8 Å². The number of nitrogens with zero attached hydrogens (tertiary/aromatic N) is 1. The third-order valence-corrected chi connectivity index (χ3v) is 7.44. The second-order valence-electron chi connectivity index (χ2n) is 9.03. The van der Waals surface area contributed by atoms with Gasteiger partial charge in [0.15, 0.2) is 9.84 Å². The lowest BCUT2D eigenvalue weighted by atomic mass is 9.90. The highest BCUT2D eigenvalue weighted by atomic mass is 32.2. The molecule has 5 nitrogen and oxygen atoms in total. The topological polar surface area (TPSA) is 75.4 Å². The quantitative estimate of drug-likeness (QED) is 0.516. The zero-order valence-corrected chi connectivity index (χ0v) is 19.8. The van der Waals surface area contributed by atoms with Crippen LogP contribution in [-0.2, 0) is 16.4 Å². The Bertz CT molecular complexity index is 1220. The maximum atomic E-state index is 14.2. The number of nitrogens with two attached hydrogens (primary N) is 1. The van der Waals surface area contributed by atoms with Gasteiger partial charge in [0.1, 0.15) is 5.82 Å². The van der Waals surface area contributed by atoms with Crippen molar-refractivity contribution in [2.75, 3.05) is 18.1 Å². The van der Waals surface area contributed by atoms with Crippen LogP contribution in [0.15, 0.2) is 77.7 Å². The van der Waals surface area contributed by atoms with Gasteiger partial charge in [-0.05, 0) is 61.2 Å². The van der Waals surface area contributed by atoms with Crippen LogP contribution in [-0.4, -0.2) is 37.8 Å². The lowest BCUT2D eigenvalue weighted by Gasteiger charge is -2.44. The molecule has 2 unspecified atom stereocenters. The van der Waals surface area contributed by atoms with Crippen molar-refractivity contribution < 1.29 is 12.8 Å². The number of halogens is 1. The summed E-state index contributed by atoms with van der Waals surface area (Å²) in [5.74, 6) is -0.354. The summed E-state index contributed by atoms with van der Waals surface area (Å²) in [7, 11) is -3.29. The first-order chi connectivity index (χ1) is 15.6. The van der Waals surface area contributed by atoms with Crippen LogP contribution in [0.4, 0.5) is 10.1 Å². The normalized spacial score (nSPS) is 21.6. The summed E-state index contributed by atoms with van der Waals surface area (Å²) in [6, 6.07) is 21.8. The van der Waals surface area contributed by atoms with E-state index in [4.69, 9.17) is 5.73 Å². The van der Waals surface area contributed by atoms with Gasteiger partial charge in [-0.15, -0.1) is 0 Å². The van der Waals surface area contributed by atoms with Crippen LogP contribution in [0.1, 0.15) is 25.3 Å². The summed E-state index contributed by atoms with van der Waals surface area (Å²) in [4.78, 5) is 2.66. The molecule has 0 spiro atoms. The second-order valence-corrected chi connectivity index (χ2v) is 11.0. The first-order valence-corrected chi connectivity index (χ1v) is 13.0. The van der Waals surface area contributed by atoms with E-state index in [0.717, 1.165) is 24.2 Å².